The summed E-state index contributed by atoms with van der Waals surface area (Å²) < 4.78 is 5.33. The molecule has 18 heavy (non-hydrogen) atoms. The summed E-state index contributed by atoms with van der Waals surface area (Å²) in [5, 5.41) is 8.46. The Hall–Kier alpha value is -1.06. The smallest absolute Gasteiger partial charge is 0.306 e. The molecular weight excluding hydrogens is 232 g/mol. The minimum absolute atomic E-state index is 0.132. The van der Waals surface area contributed by atoms with Crippen LogP contribution in [0, 0.1) is 0 Å². The summed E-state index contributed by atoms with van der Waals surface area (Å²) in [6.07, 6.45) is 5.93. The van der Waals surface area contributed by atoms with E-state index >= 15 is 0 Å². The Morgan fingerprint density at radius 1 is 1.00 bits per heavy atom. The van der Waals surface area contributed by atoms with Crippen LogP contribution in [0.15, 0.2) is 0 Å². The lowest BCUT2D eigenvalue weighted by Gasteiger charge is -2.23. The van der Waals surface area contributed by atoms with E-state index in [1.54, 1.807) is 0 Å². The van der Waals surface area contributed by atoms with Crippen molar-refractivity contribution >= 4 is 11.9 Å². The van der Waals surface area contributed by atoms with E-state index in [-0.39, 0.29) is 18.0 Å². The average molecular weight is 258 g/mol. The zero-order valence-corrected chi connectivity index (χ0v) is 11.8. The Morgan fingerprint density at radius 3 is 2.00 bits per heavy atom. The van der Waals surface area contributed by atoms with Crippen LogP contribution < -0.4 is 0 Å². The number of carboxylic acids is 1. The van der Waals surface area contributed by atoms with Crippen LogP contribution in [0.1, 0.15) is 72.1 Å². The topological polar surface area (TPSA) is 63.6 Å². The molecule has 0 amide bonds. The second kappa shape index (κ2) is 8.95. The molecule has 0 radical (unpaired) electrons. The fourth-order valence-corrected chi connectivity index (χ4v) is 1.51. The van der Waals surface area contributed by atoms with Gasteiger partial charge in [-0.3, -0.25) is 9.59 Å². The summed E-state index contributed by atoms with van der Waals surface area (Å²) in [6, 6.07) is 0. The molecule has 4 heteroatoms. The molecule has 0 unspecified atom stereocenters. The van der Waals surface area contributed by atoms with Gasteiger partial charge in [0, 0.05) is 12.8 Å². The molecule has 0 saturated heterocycles. The summed E-state index contributed by atoms with van der Waals surface area (Å²) >= 11 is 0. The van der Waals surface area contributed by atoms with Crippen molar-refractivity contribution < 1.29 is 19.4 Å². The number of carboxylic acid groups (broad SMARTS) is 1. The number of carbonyl (C=O) groups is 2. The van der Waals surface area contributed by atoms with Gasteiger partial charge in [0.05, 0.1) is 0 Å². The first-order valence-corrected chi connectivity index (χ1v) is 6.81. The van der Waals surface area contributed by atoms with Crippen molar-refractivity contribution in [3.8, 4) is 0 Å². The normalized spacial score (nSPS) is 11.3. The van der Waals surface area contributed by atoms with Crippen LogP contribution in [0.3, 0.4) is 0 Å². The van der Waals surface area contributed by atoms with Crippen molar-refractivity contribution in [2.45, 2.75) is 77.7 Å². The van der Waals surface area contributed by atoms with E-state index in [0.717, 1.165) is 38.5 Å². The van der Waals surface area contributed by atoms with E-state index < -0.39 is 5.97 Å². The maximum absolute atomic E-state index is 11.5. The van der Waals surface area contributed by atoms with E-state index in [1.165, 1.54) is 0 Å². The van der Waals surface area contributed by atoms with Crippen LogP contribution in [-0.4, -0.2) is 22.6 Å². The predicted molar refractivity (Wildman–Crippen MR) is 70.4 cm³/mol. The van der Waals surface area contributed by atoms with E-state index in [2.05, 4.69) is 0 Å². The highest BCUT2D eigenvalue weighted by atomic mass is 16.6. The van der Waals surface area contributed by atoms with Gasteiger partial charge in [0.1, 0.15) is 5.60 Å². The first-order valence-electron chi connectivity index (χ1n) is 6.81. The third-order valence-electron chi connectivity index (χ3n) is 3.01. The van der Waals surface area contributed by atoms with Crippen molar-refractivity contribution in [3.63, 3.8) is 0 Å². The Balaban J connectivity index is 3.44. The number of hydrogen-bond acceptors (Lipinski definition) is 3. The zero-order chi connectivity index (χ0) is 14.0. The largest absolute Gasteiger partial charge is 0.481 e. The molecule has 0 bridgehead atoms. The van der Waals surface area contributed by atoms with Gasteiger partial charge >= 0.3 is 11.9 Å². The lowest BCUT2D eigenvalue weighted by Crippen LogP contribution is -2.26. The molecule has 1 N–H and O–H groups in total. The monoisotopic (exact) mass is 258 g/mol. The number of unbranched alkanes of at least 4 members (excludes halogenated alkanes) is 4. The van der Waals surface area contributed by atoms with Gasteiger partial charge in [-0.1, -0.05) is 26.2 Å². The van der Waals surface area contributed by atoms with E-state index in [9.17, 15) is 9.59 Å². The molecule has 0 atom stereocenters. The molecule has 0 aromatic rings. The molecule has 0 aromatic carbocycles. The molecule has 0 saturated carbocycles. The van der Waals surface area contributed by atoms with E-state index in [4.69, 9.17) is 9.84 Å². The van der Waals surface area contributed by atoms with Gasteiger partial charge in [-0.05, 0) is 33.1 Å². The van der Waals surface area contributed by atoms with Gasteiger partial charge in [0.2, 0.25) is 0 Å². The lowest BCUT2D eigenvalue weighted by atomic mass is 10.1. The quantitative estimate of drug-likeness (QED) is 0.481. The summed E-state index contributed by atoms with van der Waals surface area (Å²) in [6.45, 7) is 5.82. The number of carbonyl (C=O) groups excluding carboxylic acids is 1. The van der Waals surface area contributed by atoms with Gasteiger partial charge in [-0.25, -0.2) is 0 Å². The van der Waals surface area contributed by atoms with E-state index in [1.807, 2.05) is 20.8 Å². The SMILES string of the molecule is CCC(C)(C)OC(=O)CCCCCCCC(=O)O. The van der Waals surface area contributed by atoms with Crippen LogP contribution in [0.5, 0.6) is 0 Å². The van der Waals surface area contributed by atoms with Gasteiger partial charge in [-0.2, -0.15) is 0 Å². The Labute approximate surface area is 110 Å². The van der Waals surface area contributed by atoms with Crippen LogP contribution in [0.25, 0.3) is 0 Å². The summed E-state index contributed by atoms with van der Waals surface area (Å²) in [7, 11) is 0. The first-order chi connectivity index (χ1) is 8.37. The van der Waals surface area contributed by atoms with Gasteiger partial charge < -0.3 is 9.84 Å². The van der Waals surface area contributed by atoms with Crippen molar-refractivity contribution in [3.05, 3.63) is 0 Å². The molecule has 0 fully saturated rings. The molecule has 0 heterocycles. The van der Waals surface area contributed by atoms with Crippen LogP contribution in [-0.2, 0) is 14.3 Å². The third kappa shape index (κ3) is 10.1. The molecule has 0 spiro atoms. The van der Waals surface area contributed by atoms with Crippen molar-refractivity contribution in [2.24, 2.45) is 0 Å². The lowest BCUT2D eigenvalue weighted by molar-refractivity contribution is -0.156. The highest BCUT2D eigenvalue weighted by Gasteiger charge is 2.19. The van der Waals surface area contributed by atoms with Gasteiger partial charge in [0.25, 0.3) is 0 Å². The Bertz CT molecular complexity index is 259. The maximum atomic E-state index is 11.5. The summed E-state index contributed by atoms with van der Waals surface area (Å²) in [5.74, 6) is -0.868. The Kier molecular flexibility index (Phi) is 8.42. The maximum Gasteiger partial charge on any atom is 0.306 e. The number of aliphatic carboxylic acids is 1. The second-order valence-electron chi connectivity index (χ2n) is 5.25. The van der Waals surface area contributed by atoms with Gasteiger partial charge in [-0.15, -0.1) is 0 Å². The van der Waals surface area contributed by atoms with E-state index in [0.29, 0.717) is 6.42 Å². The fourth-order valence-electron chi connectivity index (χ4n) is 1.51. The fraction of sp³-hybridized carbons (Fsp3) is 0.857. The molecule has 0 aliphatic carbocycles. The average Bonchev–Trinajstić information content (AvgIpc) is 2.26. The minimum Gasteiger partial charge on any atom is -0.481 e. The predicted octanol–water partition coefficient (Wildman–Crippen LogP) is 3.53. The highest BCUT2D eigenvalue weighted by Crippen LogP contribution is 2.16. The van der Waals surface area contributed by atoms with Crippen molar-refractivity contribution in [1.82, 2.24) is 0 Å². The number of rotatable bonds is 10. The van der Waals surface area contributed by atoms with Crippen molar-refractivity contribution in [1.29, 1.82) is 0 Å². The molecular formula is C14H26O4. The third-order valence-corrected chi connectivity index (χ3v) is 3.01. The molecule has 106 valence electrons. The number of esters is 1. The minimum atomic E-state index is -0.736. The first kappa shape index (κ1) is 16.9. The number of ether oxygens (including phenoxy) is 1. The molecule has 0 aliphatic heterocycles. The second-order valence-corrected chi connectivity index (χ2v) is 5.25. The molecule has 0 aromatic heterocycles. The highest BCUT2D eigenvalue weighted by molar-refractivity contribution is 5.69. The summed E-state index contributed by atoms with van der Waals surface area (Å²) in [5.41, 5.74) is -0.363. The zero-order valence-electron chi connectivity index (χ0n) is 11.8. The standard InChI is InChI=1S/C14H26O4/c1-4-14(2,3)18-13(17)11-9-7-5-6-8-10-12(15)16/h4-11H2,1-3H3,(H,15,16). The van der Waals surface area contributed by atoms with Crippen molar-refractivity contribution in [2.75, 3.05) is 0 Å². The molecule has 0 aliphatic rings. The van der Waals surface area contributed by atoms with Crippen LogP contribution in [0.2, 0.25) is 0 Å². The molecule has 0 rings (SSSR count). The van der Waals surface area contributed by atoms with Gasteiger partial charge in [0.15, 0.2) is 0 Å². The van der Waals surface area contributed by atoms with Crippen LogP contribution >= 0.6 is 0 Å². The Morgan fingerprint density at radius 2 is 1.50 bits per heavy atom. The molecule has 4 nitrogen and oxygen atoms in total. The summed E-state index contributed by atoms with van der Waals surface area (Å²) in [4.78, 5) is 21.8. The van der Waals surface area contributed by atoms with Crippen LogP contribution in [0.4, 0.5) is 0 Å². The number of hydrogen-bond donors (Lipinski definition) is 1.